The first kappa shape index (κ1) is 13.2. The van der Waals surface area contributed by atoms with Crippen molar-refractivity contribution in [2.24, 2.45) is 0 Å². The van der Waals surface area contributed by atoms with Crippen molar-refractivity contribution in [3.8, 4) is 5.75 Å². The minimum atomic E-state index is -2.71. The molecule has 0 N–H and O–H groups in total. The lowest BCUT2D eigenvalue weighted by Gasteiger charge is -2.18. The Bertz CT molecular complexity index is 391. The second kappa shape index (κ2) is 5.48. The molecule has 1 aromatic rings. The summed E-state index contributed by atoms with van der Waals surface area (Å²) in [5, 5.41) is 0.843. The molecule has 0 atom stereocenters. The van der Waals surface area contributed by atoms with Gasteiger partial charge in [0.05, 0.1) is 10.0 Å². The van der Waals surface area contributed by atoms with E-state index in [1.807, 2.05) is 0 Å². The highest BCUT2D eigenvalue weighted by Gasteiger charge is 2.18. The van der Waals surface area contributed by atoms with E-state index in [1.165, 1.54) is 14.2 Å². The van der Waals surface area contributed by atoms with Crippen molar-refractivity contribution in [3.05, 3.63) is 28.2 Å². The largest absolute Gasteiger partial charge is 0.424 e. The molecule has 0 saturated heterocycles. The van der Waals surface area contributed by atoms with Crippen molar-refractivity contribution in [2.45, 2.75) is 0 Å². The topological polar surface area (TPSA) is 27.7 Å². The standard InChI is InChI=1S/C8H9Cl2O3PS/c1-11-14(15,12-2)13-6-3-4-7(9)8(10)5-6/h3-5H,1-2H3. The molecule has 0 amide bonds. The highest BCUT2D eigenvalue weighted by atomic mass is 35.5. The SMILES string of the molecule is COP(=S)(OC)Oc1ccc(Cl)c(Cl)c1. The zero-order valence-electron chi connectivity index (χ0n) is 8.07. The molecule has 84 valence electrons. The Labute approximate surface area is 103 Å². The Morgan fingerprint density at radius 3 is 2.20 bits per heavy atom. The van der Waals surface area contributed by atoms with Crippen molar-refractivity contribution in [3.63, 3.8) is 0 Å². The number of benzene rings is 1. The second-order valence-corrected chi connectivity index (χ2v) is 6.44. The van der Waals surface area contributed by atoms with Crippen LogP contribution in [0.5, 0.6) is 5.75 Å². The van der Waals surface area contributed by atoms with Gasteiger partial charge in [0.25, 0.3) is 0 Å². The second-order valence-electron chi connectivity index (χ2n) is 2.48. The van der Waals surface area contributed by atoms with Crippen LogP contribution in [0.25, 0.3) is 0 Å². The van der Waals surface area contributed by atoms with Crippen LogP contribution in [0.15, 0.2) is 18.2 Å². The first-order valence-electron chi connectivity index (χ1n) is 3.87. The summed E-state index contributed by atoms with van der Waals surface area (Å²) >= 11 is 16.6. The molecule has 0 bridgehead atoms. The van der Waals surface area contributed by atoms with Gasteiger partial charge in [-0.05, 0) is 12.1 Å². The van der Waals surface area contributed by atoms with Gasteiger partial charge in [0, 0.05) is 32.1 Å². The van der Waals surface area contributed by atoms with Crippen molar-refractivity contribution >= 4 is 41.7 Å². The Balaban J connectivity index is 2.90. The van der Waals surface area contributed by atoms with Gasteiger partial charge < -0.3 is 13.6 Å². The monoisotopic (exact) mass is 286 g/mol. The van der Waals surface area contributed by atoms with Crippen LogP contribution in [0, 0.1) is 0 Å². The summed E-state index contributed by atoms with van der Waals surface area (Å²) in [6.45, 7) is -2.71. The van der Waals surface area contributed by atoms with Gasteiger partial charge in [-0.3, -0.25) is 0 Å². The van der Waals surface area contributed by atoms with Crippen LogP contribution in [-0.2, 0) is 20.9 Å². The normalized spacial score (nSPS) is 11.5. The molecule has 0 aromatic heterocycles. The van der Waals surface area contributed by atoms with E-state index < -0.39 is 6.72 Å². The van der Waals surface area contributed by atoms with Crippen LogP contribution in [0.3, 0.4) is 0 Å². The van der Waals surface area contributed by atoms with E-state index in [0.717, 1.165) is 0 Å². The van der Waals surface area contributed by atoms with Crippen LogP contribution in [0.2, 0.25) is 10.0 Å². The zero-order chi connectivity index (χ0) is 11.5. The van der Waals surface area contributed by atoms with Crippen molar-refractivity contribution in [1.82, 2.24) is 0 Å². The van der Waals surface area contributed by atoms with Gasteiger partial charge in [0.2, 0.25) is 0 Å². The summed E-state index contributed by atoms with van der Waals surface area (Å²) < 4.78 is 15.3. The van der Waals surface area contributed by atoms with Gasteiger partial charge in [-0.15, -0.1) is 0 Å². The third-order valence-electron chi connectivity index (χ3n) is 1.56. The molecule has 3 nitrogen and oxygen atoms in total. The lowest BCUT2D eigenvalue weighted by molar-refractivity contribution is 0.273. The van der Waals surface area contributed by atoms with Crippen molar-refractivity contribution in [2.75, 3.05) is 14.2 Å². The van der Waals surface area contributed by atoms with E-state index in [0.29, 0.717) is 15.8 Å². The molecular weight excluding hydrogens is 278 g/mol. The van der Waals surface area contributed by atoms with Crippen molar-refractivity contribution in [1.29, 1.82) is 0 Å². The van der Waals surface area contributed by atoms with Gasteiger partial charge in [0.15, 0.2) is 0 Å². The Hall–Kier alpha value is 0.170. The van der Waals surface area contributed by atoms with E-state index >= 15 is 0 Å². The quantitative estimate of drug-likeness (QED) is 0.785. The smallest absolute Gasteiger partial charge is 0.380 e. The number of rotatable bonds is 4. The lowest BCUT2D eigenvalue weighted by Crippen LogP contribution is -1.96. The average Bonchev–Trinajstić information content (AvgIpc) is 2.23. The molecule has 0 spiro atoms. The van der Waals surface area contributed by atoms with E-state index in [1.54, 1.807) is 18.2 Å². The molecule has 0 fully saturated rings. The summed E-state index contributed by atoms with van der Waals surface area (Å²) in [6, 6.07) is 4.82. The number of hydrogen-bond donors (Lipinski definition) is 0. The fourth-order valence-electron chi connectivity index (χ4n) is 0.812. The predicted octanol–water partition coefficient (Wildman–Crippen LogP) is 3.89. The molecule has 0 heterocycles. The van der Waals surface area contributed by atoms with Crippen LogP contribution in [0.4, 0.5) is 0 Å². The Kier molecular flexibility index (Phi) is 4.84. The van der Waals surface area contributed by atoms with E-state index in [4.69, 9.17) is 48.6 Å². The first-order chi connectivity index (χ1) is 7.00. The molecule has 15 heavy (non-hydrogen) atoms. The van der Waals surface area contributed by atoms with Crippen LogP contribution in [0.1, 0.15) is 0 Å². The highest BCUT2D eigenvalue weighted by Crippen LogP contribution is 2.48. The summed E-state index contributed by atoms with van der Waals surface area (Å²) in [4.78, 5) is 0. The molecular formula is C8H9Cl2O3PS. The van der Waals surface area contributed by atoms with Gasteiger partial charge >= 0.3 is 6.72 Å². The summed E-state index contributed by atoms with van der Waals surface area (Å²) in [7, 11) is 2.86. The molecule has 1 aromatic carbocycles. The Morgan fingerprint density at radius 2 is 1.73 bits per heavy atom. The molecule has 7 heteroatoms. The fourth-order valence-corrected chi connectivity index (χ4v) is 2.03. The summed E-state index contributed by atoms with van der Waals surface area (Å²) in [5.74, 6) is 0.469. The fraction of sp³-hybridized carbons (Fsp3) is 0.250. The lowest BCUT2D eigenvalue weighted by atomic mass is 10.3. The summed E-state index contributed by atoms with van der Waals surface area (Å²) in [5.41, 5.74) is 0. The molecule has 0 aliphatic rings. The minimum Gasteiger partial charge on any atom is -0.424 e. The van der Waals surface area contributed by atoms with Crippen LogP contribution >= 0.6 is 29.9 Å². The van der Waals surface area contributed by atoms with E-state index in [9.17, 15) is 0 Å². The number of halogens is 2. The summed E-state index contributed by atoms with van der Waals surface area (Å²) in [6.07, 6.45) is 0. The van der Waals surface area contributed by atoms with Gasteiger partial charge in [-0.2, -0.15) is 0 Å². The maximum Gasteiger partial charge on any atom is 0.380 e. The third-order valence-corrected chi connectivity index (χ3v) is 4.74. The molecule has 0 saturated carbocycles. The molecule has 0 unspecified atom stereocenters. The Morgan fingerprint density at radius 1 is 1.13 bits per heavy atom. The van der Waals surface area contributed by atoms with Crippen LogP contribution in [-0.4, -0.2) is 14.2 Å². The van der Waals surface area contributed by atoms with Crippen LogP contribution < -0.4 is 4.52 Å². The maximum atomic E-state index is 5.81. The first-order valence-corrected chi connectivity index (χ1v) is 7.18. The predicted molar refractivity (Wildman–Crippen MR) is 65.4 cm³/mol. The molecule has 1 rings (SSSR count). The third kappa shape index (κ3) is 3.59. The van der Waals surface area contributed by atoms with Gasteiger partial charge in [-0.25, -0.2) is 0 Å². The number of hydrogen-bond acceptors (Lipinski definition) is 4. The average molecular weight is 287 g/mol. The van der Waals surface area contributed by atoms with Crippen molar-refractivity contribution < 1.29 is 13.6 Å². The maximum absolute atomic E-state index is 5.81. The van der Waals surface area contributed by atoms with Gasteiger partial charge in [0.1, 0.15) is 5.75 Å². The molecule has 0 aliphatic carbocycles. The minimum absolute atomic E-state index is 0.392. The highest BCUT2D eigenvalue weighted by molar-refractivity contribution is 8.07. The van der Waals surface area contributed by atoms with Gasteiger partial charge in [-0.1, -0.05) is 23.2 Å². The van der Waals surface area contributed by atoms with E-state index in [-0.39, 0.29) is 0 Å². The molecule has 0 radical (unpaired) electrons. The molecule has 0 aliphatic heterocycles. The van der Waals surface area contributed by atoms with E-state index in [2.05, 4.69) is 0 Å². The zero-order valence-corrected chi connectivity index (χ0v) is 11.3.